The van der Waals surface area contributed by atoms with Gasteiger partial charge < -0.3 is 4.42 Å². The van der Waals surface area contributed by atoms with Crippen LogP contribution in [-0.4, -0.2) is 9.97 Å². The highest BCUT2D eigenvalue weighted by Gasteiger charge is 2.18. The molecule has 28 heavy (non-hydrogen) atoms. The molecule has 0 fully saturated rings. The van der Waals surface area contributed by atoms with Crippen LogP contribution in [-0.2, 0) is 6.37 Å². The summed E-state index contributed by atoms with van der Waals surface area (Å²) in [6.07, 6.45) is 0.214. The van der Waals surface area contributed by atoms with Gasteiger partial charge in [0.05, 0.1) is 5.69 Å². The van der Waals surface area contributed by atoms with E-state index in [1.807, 2.05) is 51.1 Å². The van der Waals surface area contributed by atoms with E-state index >= 15 is 0 Å². The quantitative estimate of drug-likeness (QED) is 0.320. The van der Waals surface area contributed by atoms with E-state index in [0.29, 0.717) is 16.2 Å². The number of pyridine rings is 2. The summed E-state index contributed by atoms with van der Waals surface area (Å²) in [5, 5.41) is 2.42. The Bertz CT molecular complexity index is 1530. The van der Waals surface area contributed by atoms with Crippen molar-refractivity contribution in [2.24, 2.45) is 5.41 Å². The van der Waals surface area contributed by atoms with E-state index in [1.165, 1.54) is 17.4 Å². The van der Waals surface area contributed by atoms with Gasteiger partial charge in [-0.25, -0.2) is 4.98 Å². The molecule has 0 amide bonds. The Kier molecular flexibility index (Phi) is 2.78. The minimum Gasteiger partial charge on any atom is -0.437 e. The molecule has 0 saturated carbocycles. The Morgan fingerprint density at radius 3 is 2.82 bits per heavy atom. The number of aryl methyl sites for hydroxylation is 1. The number of hydrogen-bond donors (Lipinski definition) is 0. The molecule has 0 N–H and O–H groups in total. The fourth-order valence-corrected chi connectivity index (χ4v) is 4.64. The molecule has 4 heteroatoms. The highest BCUT2D eigenvalue weighted by molar-refractivity contribution is 7.19. The lowest BCUT2D eigenvalue weighted by Gasteiger charge is -2.16. The molecular weight excluding hydrogens is 364 g/mol. The second-order valence-corrected chi connectivity index (χ2v) is 8.97. The summed E-state index contributed by atoms with van der Waals surface area (Å²) in [6.45, 7) is 3.37. The number of furan rings is 1. The Balaban J connectivity index is 1.75. The Morgan fingerprint density at radius 2 is 2.00 bits per heavy atom. The van der Waals surface area contributed by atoms with E-state index in [4.69, 9.17) is 11.3 Å². The average molecular weight is 392 g/mol. The minimum atomic E-state index is -2.32. The minimum absolute atomic E-state index is 0.0114. The van der Waals surface area contributed by atoms with Gasteiger partial charge in [0, 0.05) is 50.0 Å². The first-order valence-electron chi connectivity index (χ1n) is 11.6. The van der Waals surface area contributed by atoms with Gasteiger partial charge in [-0.15, -0.1) is 11.3 Å². The summed E-state index contributed by atoms with van der Waals surface area (Å²) in [4.78, 5) is 9.53. The summed E-state index contributed by atoms with van der Waals surface area (Å²) < 4.78 is 47.3. The number of thiophene rings is 1. The predicted octanol–water partition coefficient (Wildman–Crippen LogP) is 7.15. The van der Waals surface area contributed by atoms with Crippen molar-refractivity contribution in [3.05, 3.63) is 59.2 Å². The van der Waals surface area contributed by atoms with Crippen molar-refractivity contribution in [3.63, 3.8) is 0 Å². The number of nitrogens with zero attached hydrogens (tertiary/aromatic N) is 2. The molecule has 0 atom stereocenters. The van der Waals surface area contributed by atoms with Crippen molar-refractivity contribution in [3.8, 4) is 11.3 Å². The summed E-state index contributed by atoms with van der Waals surface area (Å²) in [5.74, 6) is 0. The van der Waals surface area contributed by atoms with Crippen LogP contribution in [0.25, 0.3) is 43.4 Å². The van der Waals surface area contributed by atoms with E-state index in [9.17, 15) is 0 Å². The van der Waals surface area contributed by atoms with Crippen molar-refractivity contribution in [1.82, 2.24) is 9.97 Å². The van der Waals surface area contributed by atoms with Crippen LogP contribution in [0.1, 0.15) is 38.2 Å². The molecule has 0 aliphatic rings. The van der Waals surface area contributed by atoms with Crippen molar-refractivity contribution < 1.29 is 11.3 Å². The number of fused-ring (bicyclic) bond motifs is 4. The first-order valence-corrected chi connectivity index (χ1v) is 9.92. The van der Waals surface area contributed by atoms with Crippen LogP contribution in [0.5, 0.6) is 0 Å². The van der Waals surface area contributed by atoms with Gasteiger partial charge in [0.1, 0.15) is 5.58 Å². The lowest BCUT2D eigenvalue weighted by atomic mass is 9.91. The lowest BCUT2D eigenvalue weighted by Crippen LogP contribution is -2.07. The van der Waals surface area contributed by atoms with Crippen LogP contribution in [0.4, 0.5) is 0 Å². The molecule has 5 aromatic rings. The fraction of sp³-hybridized carbons (Fsp3) is 0.250. The second-order valence-electron chi connectivity index (χ2n) is 7.89. The molecule has 0 aliphatic heterocycles. The van der Waals surface area contributed by atoms with Crippen LogP contribution in [0.15, 0.2) is 53.1 Å². The molecule has 0 saturated heterocycles. The van der Waals surface area contributed by atoms with Crippen LogP contribution < -0.4 is 0 Å². The van der Waals surface area contributed by atoms with Crippen molar-refractivity contribution in [2.75, 3.05) is 0 Å². The van der Waals surface area contributed by atoms with Crippen molar-refractivity contribution >= 4 is 43.5 Å². The Hall–Kier alpha value is -2.72. The van der Waals surface area contributed by atoms with Gasteiger partial charge in [-0.05, 0) is 49.0 Å². The van der Waals surface area contributed by atoms with E-state index in [-0.39, 0.29) is 11.4 Å². The molecule has 140 valence electrons. The number of para-hydroxylation sites is 1. The summed E-state index contributed by atoms with van der Waals surface area (Å²) in [7, 11) is 0. The zero-order valence-electron chi connectivity index (χ0n) is 20.8. The molecule has 0 spiro atoms. The molecule has 1 aromatic carbocycles. The maximum Gasteiger partial charge on any atom is 0.227 e. The molecular formula is C24H22N2OS. The Labute approximate surface area is 175 Å². The third kappa shape index (κ3) is 2.89. The smallest absolute Gasteiger partial charge is 0.227 e. The van der Waals surface area contributed by atoms with Gasteiger partial charge in [0.25, 0.3) is 0 Å². The largest absolute Gasteiger partial charge is 0.437 e. The molecule has 4 heterocycles. The zero-order valence-corrected chi connectivity index (χ0v) is 16.6. The monoisotopic (exact) mass is 391 g/mol. The molecule has 0 aliphatic carbocycles. The predicted molar refractivity (Wildman–Crippen MR) is 118 cm³/mol. The molecule has 3 nitrogen and oxygen atoms in total. The maximum absolute atomic E-state index is 8.68. The average Bonchev–Trinajstić information content (AvgIpc) is 3.33. The fourth-order valence-electron chi connectivity index (χ4n) is 3.47. The first kappa shape index (κ1) is 12.7. The number of rotatable bonds is 2. The third-order valence-electron chi connectivity index (χ3n) is 4.56. The molecule has 4 aromatic heterocycles. The zero-order chi connectivity index (χ0) is 23.8. The molecule has 0 unspecified atom stereocenters. The van der Waals surface area contributed by atoms with Crippen LogP contribution in [0.3, 0.4) is 0 Å². The van der Waals surface area contributed by atoms with Crippen LogP contribution in [0, 0.1) is 12.3 Å². The first-order chi connectivity index (χ1) is 15.4. The van der Waals surface area contributed by atoms with Gasteiger partial charge in [-0.1, -0.05) is 32.9 Å². The SMILES string of the molecule is [2H]C([2H])([2H])c1ccc2c(n1)oc1c(-c3nccc4sc(C([2H])([2H])C(C)(C)C)cc34)cccc12. The van der Waals surface area contributed by atoms with Crippen LogP contribution >= 0.6 is 11.3 Å². The van der Waals surface area contributed by atoms with Crippen LogP contribution in [0.2, 0.25) is 0 Å². The highest BCUT2D eigenvalue weighted by atomic mass is 32.1. The summed E-state index contributed by atoms with van der Waals surface area (Å²) in [5.41, 5.74) is 1.73. The third-order valence-corrected chi connectivity index (χ3v) is 5.58. The van der Waals surface area contributed by atoms with E-state index < -0.39 is 18.6 Å². The lowest BCUT2D eigenvalue weighted by molar-refractivity contribution is 0.415. The van der Waals surface area contributed by atoms with E-state index in [0.717, 1.165) is 26.4 Å². The molecule has 0 bridgehead atoms. The number of aromatic nitrogens is 2. The maximum atomic E-state index is 8.68. The van der Waals surface area contributed by atoms with Gasteiger partial charge in [-0.3, -0.25) is 4.98 Å². The van der Waals surface area contributed by atoms with E-state index in [2.05, 4.69) is 9.97 Å². The standard InChI is InChI=1S/C24H22N2OS/c1-14-8-9-17-16-6-5-7-18(22(16)27-23(17)26-14)21-19-12-15(13-24(2,3)4)28-20(19)10-11-25-21/h5-12H,13H2,1-4H3/i1D3,13D2. The van der Waals surface area contributed by atoms with E-state index in [1.54, 1.807) is 12.3 Å². The van der Waals surface area contributed by atoms with Crippen molar-refractivity contribution in [1.29, 1.82) is 0 Å². The number of hydrogen-bond acceptors (Lipinski definition) is 4. The Morgan fingerprint density at radius 1 is 1.11 bits per heavy atom. The molecule has 0 radical (unpaired) electrons. The van der Waals surface area contributed by atoms with Gasteiger partial charge in [0.2, 0.25) is 5.71 Å². The number of benzene rings is 1. The van der Waals surface area contributed by atoms with Gasteiger partial charge in [0.15, 0.2) is 0 Å². The van der Waals surface area contributed by atoms with Gasteiger partial charge in [-0.2, -0.15) is 0 Å². The summed E-state index contributed by atoms with van der Waals surface area (Å²) in [6, 6.07) is 12.8. The highest BCUT2D eigenvalue weighted by Crippen LogP contribution is 2.39. The molecule has 5 rings (SSSR count). The van der Waals surface area contributed by atoms with Crippen molar-refractivity contribution in [2.45, 2.75) is 34.0 Å². The van der Waals surface area contributed by atoms with Gasteiger partial charge >= 0.3 is 0 Å². The second kappa shape index (κ2) is 6.14. The topological polar surface area (TPSA) is 38.9 Å². The normalized spacial score (nSPS) is 16.0. The summed E-state index contributed by atoms with van der Waals surface area (Å²) >= 11 is 1.43.